The van der Waals surface area contributed by atoms with Gasteiger partial charge in [-0.05, 0) is 44.2 Å². The normalized spacial score (nSPS) is 22.1. The fraction of sp³-hybridized carbons (Fsp3) is 0.591. The maximum absolute atomic E-state index is 14.3. The molecule has 0 spiro atoms. The van der Waals surface area contributed by atoms with Crippen LogP contribution in [0.4, 0.5) is 4.39 Å². The monoisotopic (exact) mass is 404 g/mol. The largest absolute Gasteiger partial charge is 0.466 e. The molecule has 2 aliphatic heterocycles. The maximum atomic E-state index is 14.3. The molecule has 3 rings (SSSR count). The minimum Gasteiger partial charge on any atom is -0.466 e. The van der Waals surface area contributed by atoms with Crippen LogP contribution < -0.4 is 0 Å². The lowest BCUT2D eigenvalue weighted by Crippen LogP contribution is -2.52. The van der Waals surface area contributed by atoms with Crippen molar-refractivity contribution in [3.8, 4) is 0 Å². The molecular weight excluding hydrogens is 375 g/mol. The van der Waals surface area contributed by atoms with Gasteiger partial charge in [0.15, 0.2) is 0 Å². The number of piperidine rings is 1. The van der Waals surface area contributed by atoms with Gasteiger partial charge in [0.25, 0.3) is 0 Å². The number of hydrogen-bond acceptors (Lipinski definition) is 4. The van der Waals surface area contributed by atoms with Crippen LogP contribution in [0.5, 0.6) is 0 Å². The van der Waals surface area contributed by atoms with E-state index in [0.29, 0.717) is 44.5 Å². The van der Waals surface area contributed by atoms with Crippen molar-refractivity contribution >= 4 is 17.8 Å². The van der Waals surface area contributed by atoms with Gasteiger partial charge in [-0.25, -0.2) is 4.39 Å². The Morgan fingerprint density at radius 2 is 2.00 bits per heavy atom. The number of nitrogens with zero attached hydrogens (tertiary/aromatic N) is 2. The zero-order valence-electron chi connectivity index (χ0n) is 17.0. The second kappa shape index (κ2) is 9.37. The Hall–Kier alpha value is -2.44. The van der Waals surface area contributed by atoms with E-state index in [1.165, 1.54) is 6.07 Å². The van der Waals surface area contributed by atoms with Gasteiger partial charge in [0.05, 0.1) is 12.0 Å². The molecule has 0 aromatic heterocycles. The van der Waals surface area contributed by atoms with Crippen molar-refractivity contribution in [2.45, 2.75) is 45.4 Å². The Morgan fingerprint density at radius 3 is 2.69 bits per heavy atom. The van der Waals surface area contributed by atoms with E-state index >= 15 is 0 Å². The molecule has 0 radical (unpaired) electrons. The molecule has 2 saturated heterocycles. The van der Waals surface area contributed by atoms with Gasteiger partial charge < -0.3 is 14.5 Å². The molecule has 0 aliphatic carbocycles. The van der Waals surface area contributed by atoms with Crippen LogP contribution in [0.15, 0.2) is 24.3 Å². The number of carbonyl (C=O) groups is 3. The molecule has 7 heteroatoms. The Bertz CT molecular complexity index is 769. The fourth-order valence-corrected chi connectivity index (χ4v) is 4.35. The zero-order valence-corrected chi connectivity index (χ0v) is 17.0. The van der Waals surface area contributed by atoms with Crippen molar-refractivity contribution in [1.82, 2.24) is 9.80 Å². The summed E-state index contributed by atoms with van der Waals surface area (Å²) >= 11 is 0. The molecule has 2 amide bonds. The molecule has 29 heavy (non-hydrogen) atoms. The van der Waals surface area contributed by atoms with Crippen molar-refractivity contribution in [2.24, 2.45) is 5.41 Å². The molecular formula is C22H29FN2O4. The highest BCUT2D eigenvalue weighted by atomic mass is 19.1. The molecule has 2 fully saturated rings. The first-order valence-electron chi connectivity index (χ1n) is 10.4. The first-order chi connectivity index (χ1) is 13.9. The number of halogens is 1. The standard InChI is InChI=1S/C22H29FN2O4/c1-2-29-21(28)22(15-17-7-3-4-8-18(17)23)11-6-13-25(16-22)20(27)10-14-24-12-5-9-19(24)26/h3-4,7-8H,2,5-6,9-16H2,1H3. The Kier molecular flexibility index (Phi) is 6.87. The second-order valence-electron chi connectivity index (χ2n) is 7.92. The number of likely N-dealkylation sites (tertiary alicyclic amines) is 2. The summed E-state index contributed by atoms with van der Waals surface area (Å²) in [5.41, 5.74) is -0.493. The van der Waals surface area contributed by atoms with Crippen LogP contribution in [0.25, 0.3) is 0 Å². The number of esters is 1. The lowest BCUT2D eigenvalue weighted by atomic mass is 9.75. The maximum Gasteiger partial charge on any atom is 0.314 e. The summed E-state index contributed by atoms with van der Waals surface area (Å²) in [5, 5.41) is 0. The van der Waals surface area contributed by atoms with E-state index in [0.717, 1.165) is 6.42 Å². The van der Waals surface area contributed by atoms with Crippen molar-refractivity contribution in [3.63, 3.8) is 0 Å². The molecule has 158 valence electrons. The molecule has 0 N–H and O–H groups in total. The SMILES string of the molecule is CCOC(=O)C1(Cc2ccccc2F)CCCN(C(=O)CCN2CCCC2=O)C1. The number of amides is 2. The van der Waals surface area contributed by atoms with Crippen molar-refractivity contribution in [3.05, 3.63) is 35.6 Å². The van der Waals surface area contributed by atoms with Gasteiger partial charge in [-0.3, -0.25) is 14.4 Å². The van der Waals surface area contributed by atoms with Gasteiger partial charge in [0.2, 0.25) is 11.8 Å². The third-order valence-corrected chi connectivity index (χ3v) is 5.89. The van der Waals surface area contributed by atoms with Gasteiger partial charge in [-0.1, -0.05) is 18.2 Å². The van der Waals surface area contributed by atoms with Crippen LogP contribution in [0.2, 0.25) is 0 Å². The highest BCUT2D eigenvalue weighted by molar-refractivity contribution is 5.82. The van der Waals surface area contributed by atoms with E-state index in [1.807, 2.05) is 0 Å². The van der Waals surface area contributed by atoms with E-state index in [9.17, 15) is 18.8 Å². The number of rotatable bonds is 7. The number of ether oxygens (including phenoxy) is 1. The van der Waals surface area contributed by atoms with Crippen molar-refractivity contribution in [1.29, 1.82) is 0 Å². The van der Waals surface area contributed by atoms with Crippen LogP contribution in [0.3, 0.4) is 0 Å². The van der Waals surface area contributed by atoms with E-state index < -0.39 is 5.41 Å². The average Bonchev–Trinajstić information content (AvgIpc) is 3.13. The van der Waals surface area contributed by atoms with Gasteiger partial charge >= 0.3 is 5.97 Å². The van der Waals surface area contributed by atoms with Crippen LogP contribution in [0.1, 0.15) is 44.6 Å². The first kappa shape index (κ1) is 21.3. The summed E-state index contributed by atoms with van der Waals surface area (Å²) in [7, 11) is 0. The van der Waals surface area contributed by atoms with Crippen LogP contribution >= 0.6 is 0 Å². The highest BCUT2D eigenvalue weighted by Crippen LogP contribution is 2.36. The van der Waals surface area contributed by atoms with Crippen LogP contribution in [-0.2, 0) is 25.5 Å². The molecule has 1 aromatic rings. The van der Waals surface area contributed by atoms with E-state index in [4.69, 9.17) is 4.74 Å². The number of benzene rings is 1. The first-order valence-corrected chi connectivity index (χ1v) is 10.4. The van der Waals surface area contributed by atoms with E-state index in [-0.39, 0.29) is 49.6 Å². The van der Waals surface area contributed by atoms with Gasteiger partial charge in [0, 0.05) is 39.0 Å². The van der Waals surface area contributed by atoms with Crippen LogP contribution in [-0.4, -0.2) is 60.4 Å². The Morgan fingerprint density at radius 1 is 1.21 bits per heavy atom. The van der Waals surface area contributed by atoms with Crippen molar-refractivity contribution < 1.29 is 23.5 Å². The minimum absolute atomic E-state index is 0.0772. The third kappa shape index (κ3) is 4.95. The average molecular weight is 404 g/mol. The Balaban J connectivity index is 1.72. The summed E-state index contributed by atoms with van der Waals surface area (Å²) in [4.78, 5) is 40.9. The molecule has 2 heterocycles. The summed E-state index contributed by atoms with van der Waals surface area (Å²) in [5.74, 6) is -0.717. The van der Waals surface area contributed by atoms with Gasteiger partial charge in [0.1, 0.15) is 5.82 Å². The highest BCUT2D eigenvalue weighted by Gasteiger charge is 2.45. The quantitative estimate of drug-likeness (QED) is 0.655. The Labute approximate surface area is 171 Å². The smallest absolute Gasteiger partial charge is 0.314 e. The lowest BCUT2D eigenvalue weighted by molar-refractivity contribution is -0.160. The third-order valence-electron chi connectivity index (χ3n) is 5.89. The second-order valence-corrected chi connectivity index (χ2v) is 7.92. The molecule has 6 nitrogen and oxygen atoms in total. The molecule has 1 unspecified atom stereocenters. The van der Waals surface area contributed by atoms with Crippen LogP contribution in [0, 0.1) is 11.2 Å². The van der Waals surface area contributed by atoms with Gasteiger partial charge in [-0.2, -0.15) is 0 Å². The van der Waals surface area contributed by atoms with Gasteiger partial charge in [-0.15, -0.1) is 0 Å². The summed E-state index contributed by atoms with van der Waals surface area (Å²) in [6.45, 7) is 3.87. The van der Waals surface area contributed by atoms with E-state index in [1.54, 1.807) is 34.9 Å². The molecule has 0 saturated carbocycles. The lowest BCUT2D eigenvalue weighted by Gasteiger charge is -2.41. The zero-order chi connectivity index (χ0) is 20.9. The molecule has 2 aliphatic rings. The fourth-order valence-electron chi connectivity index (χ4n) is 4.35. The summed E-state index contributed by atoms with van der Waals surface area (Å²) in [6, 6.07) is 6.42. The topological polar surface area (TPSA) is 66.9 Å². The molecule has 1 atom stereocenters. The predicted octanol–water partition coefficient (Wildman–Crippen LogP) is 2.55. The molecule has 0 bridgehead atoms. The minimum atomic E-state index is -0.949. The van der Waals surface area contributed by atoms with Crippen molar-refractivity contribution in [2.75, 3.05) is 32.8 Å². The predicted molar refractivity (Wildman–Crippen MR) is 105 cm³/mol. The summed E-state index contributed by atoms with van der Waals surface area (Å²) in [6.07, 6.45) is 3.03. The molecule has 1 aromatic carbocycles. The summed E-state index contributed by atoms with van der Waals surface area (Å²) < 4.78 is 19.6. The van der Waals surface area contributed by atoms with E-state index in [2.05, 4.69) is 0 Å². The number of carbonyl (C=O) groups excluding carboxylic acids is 3. The number of hydrogen-bond donors (Lipinski definition) is 0.